The summed E-state index contributed by atoms with van der Waals surface area (Å²) in [7, 11) is 3.37. The van der Waals surface area contributed by atoms with Crippen molar-refractivity contribution < 1.29 is 13.9 Å². The summed E-state index contributed by atoms with van der Waals surface area (Å²) in [4.78, 5) is 12.6. The Morgan fingerprint density at radius 2 is 1.95 bits per heavy atom. The van der Waals surface area contributed by atoms with Crippen molar-refractivity contribution in [1.82, 2.24) is 0 Å². The molecule has 0 aliphatic rings. The molecule has 0 aliphatic heterocycles. The van der Waals surface area contributed by atoms with Gasteiger partial charge in [0, 0.05) is 18.3 Å². The number of anilines is 2. The van der Waals surface area contributed by atoms with E-state index in [2.05, 4.69) is 0 Å². The van der Waals surface area contributed by atoms with Crippen LogP contribution in [0.1, 0.15) is 10.4 Å². The lowest BCUT2D eigenvalue weighted by atomic mass is 10.2. The van der Waals surface area contributed by atoms with Gasteiger partial charge in [-0.25, -0.2) is 4.39 Å². The second-order valence-corrected chi connectivity index (χ2v) is 4.09. The lowest BCUT2D eigenvalue weighted by molar-refractivity contribution is 0.112. The number of rotatable bonds is 4. The minimum Gasteiger partial charge on any atom is -0.495 e. The van der Waals surface area contributed by atoms with Gasteiger partial charge in [-0.2, -0.15) is 0 Å². The molecule has 2 aromatic carbocycles. The number of nitrogens with zero attached hydrogens (tertiary/aromatic N) is 1. The van der Waals surface area contributed by atoms with Crippen LogP contribution in [0.15, 0.2) is 42.5 Å². The van der Waals surface area contributed by atoms with Crippen molar-refractivity contribution in [3.63, 3.8) is 0 Å². The molecule has 0 heterocycles. The molecular weight excluding hydrogens is 245 g/mol. The van der Waals surface area contributed by atoms with Gasteiger partial charge in [0.05, 0.1) is 12.8 Å². The third-order valence-electron chi connectivity index (χ3n) is 2.87. The van der Waals surface area contributed by atoms with Gasteiger partial charge < -0.3 is 9.64 Å². The molecule has 98 valence electrons. The fraction of sp³-hybridized carbons (Fsp3) is 0.133. The van der Waals surface area contributed by atoms with Crippen LogP contribution in [0.4, 0.5) is 15.8 Å². The SMILES string of the molecule is COc1ccccc1N(C)c1cc(F)cc(C=O)c1. The molecule has 4 heteroatoms. The summed E-state index contributed by atoms with van der Waals surface area (Å²) in [5, 5.41) is 0. The molecule has 0 bridgehead atoms. The van der Waals surface area contributed by atoms with Crippen LogP contribution in [0.2, 0.25) is 0 Å². The molecule has 0 aromatic heterocycles. The minimum absolute atomic E-state index is 0.303. The number of carbonyl (C=O) groups excluding carboxylic acids is 1. The molecule has 19 heavy (non-hydrogen) atoms. The molecule has 0 saturated carbocycles. The van der Waals surface area contributed by atoms with Gasteiger partial charge in [0.2, 0.25) is 0 Å². The van der Waals surface area contributed by atoms with E-state index in [4.69, 9.17) is 4.74 Å². The average molecular weight is 259 g/mol. The van der Waals surface area contributed by atoms with Crippen LogP contribution in [-0.4, -0.2) is 20.4 Å². The van der Waals surface area contributed by atoms with Crippen LogP contribution >= 0.6 is 0 Å². The number of para-hydroxylation sites is 2. The first-order valence-corrected chi connectivity index (χ1v) is 5.78. The quantitative estimate of drug-likeness (QED) is 0.788. The zero-order valence-corrected chi connectivity index (χ0v) is 10.8. The standard InChI is InChI=1S/C15H14FNO2/c1-17(14-5-3-4-6-15(14)19-2)13-8-11(10-18)7-12(16)9-13/h3-10H,1-2H3. The van der Waals surface area contributed by atoms with Crippen molar-refractivity contribution in [2.45, 2.75) is 0 Å². The van der Waals surface area contributed by atoms with Crippen molar-refractivity contribution in [2.75, 3.05) is 19.1 Å². The summed E-state index contributed by atoms with van der Waals surface area (Å²) < 4.78 is 18.7. The predicted octanol–water partition coefficient (Wildman–Crippen LogP) is 3.41. The zero-order chi connectivity index (χ0) is 13.8. The molecule has 0 unspecified atom stereocenters. The maximum atomic E-state index is 13.5. The molecule has 0 fully saturated rings. The lowest BCUT2D eigenvalue weighted by Gasteiger charge is -2.22. The fourth-order valence-corrected chi connectivity index (χ4v) is 1.90. The Bertz CT molecular complexity index is 598. The van der Waals surface area contributed by atoms with Crippen molar-refractivity contribution in [3.8, 4) is 5.75 Å². The number of methoxy groups -OCH3 is 1. The number of carbonyl (C=O) groups is 1. The van der Waals surface area contributed by atoms with Gasteiger partial charge in [-0.3, -0.25) is 4.79 Å². The zero-order valence-electron chi connectivity index (χ0n) is 10.8. The number of hydrogen-bond acceptors (Lipinski definition) is 3. The van der Waals surface area contributed by atoms with Gasteiger partial charge in [0.15, 0.2) is 0 Å². The molecule has 3 nitrogen and oxygen atoms in total. The van der Waals surface area contributed by atoms with Crippen LogP contribution < -0.4 is 9.64 Å². The van der Waals surface area contributed by atoms with Crippen molar-refractivity contribution >= 4 is 17.7 Å². The van der Waals surface area contributed by atoms with Crippen LogP contribution in [0, 0.1) is 5.82 Å². The maximum absolute atomic E-state index is 13.5. The minimum atomic E-state index is -0.443. The summed E-state index contributed by atoms with van der Waals surface area (Å²) in [6, 6.07) is 11.6. The second-order valence-electron chi connectivity index (χ2n) is 4.09. The van der Waals surface area contributed by atoms with Crippen molar-refractivity contribution in [3.05, 3.63) is 53.8 Å². The number of benzene rings is 2. The molecule has 0 radical (unpaired) electrons. The molecule has 2 rings (SSSR count). The van der Waals surface area contributed by atoms with Crippen LogP contribution in [0.3, 0.4) is 0 Å². The largest absolute Gasteiger partial charge is 0.495 e. The molecule has 0 spiro atoms. The van der Waals surface area contributed by atoms with E-state index in [-0.39, 0.29) is 0 Å². The third-order valence-corrected chi connectivity index (χ3v) is 2.87. The summed E-state index contributed by atoms with van der Waals surface area (Å²) in [5.41, 5.74) is 1.69. The first-order chi connectivity index (χ1) is 9.15. The summed E-state index contributed by atoms with van der Waals surface area (Å²) >= 11 is 0. The summed E-state index contributed by atoms with van der Waals surface area (Å²) in [5.74, 6) is 0.239. The van der Waals surface area contributed by atoms with E-state index in [0.717, 1.165) is 5.69 Å². The van der Waals surface area contributed by atoms with E-state index in [0.29, 0.717) is 23.3 Å². The van der Waals surface area contributed by atoms with Gasteiger partial charge in [-0.1, -0.05) is 12.1 Å². The highest BCUT2D eigenvalue weighted by Gasteiger charge is 2.11. The van der Waals surface area contributed by atoms with E-state index < -0.39 is 5.82 Å². The topological polar surface area (TPSA) is 29.5 Å². The highest BCUT2D eigenvalue weighted by molar-refractivity contribution is 5.79. The Balaban J connectivity index is 2.46. The molecule has 0 aliphatic carbocycles. The average Bonchev–Trinajstić information content (AvgIpc) is 2.45. The van der Waals surface area contributed by atoms with Gasteiger partial charge in [0.1, 0.15) is 17.9 Å². The smallest absolute Gasteiger partial charge is 0.150 e. The number of ether oxygens (including phenoxy) is 1. The normalized spacial score (nSPS) is 10.1. The van der Waals surface area contributed by atoms with E-state index in [1.807, 2.05) is 24.3 Å². The first-order valence-electron chi connectivity index (χ1n) is 5.78. The van der Waals surface area contributed by atoms with E-state index in [1.54, 1.807) is 25.1 Å². The predicted molar refractivity (Wildman–Crippen MR) is 72.8 cm³/mol. The highest BCUT2D eigenvalue weighted by atomic mass is 19.1. The first kappa shape index (κ1) is 13.1. The fourth-order valence-electron chi connectivity index (χ4n) is 1.90. The Morgan fingerprint density at radius 1 is 1.21 bits per heavy atom. The monoisotopic (exact) mass is 259 g/mol. The molecular formula is C15H14FNO2. The van der Waals surface area contributed by atoms with Gasteiger partial charge in [0.25, 0.3) is 0 Å². The number of aldehydes is 1. The van der Waals surface area contributed by atoms with Gasteiger partial charge >= 0.3 is 0 Å². The van der Waals surface area contributed by atoms with Crippen LogP contribution in [0.25, 0.3) is 0 Å². The Labute approximate surface area is 111 Å². The van der Waals surface area contributed by atoms with Gasteiger partial charge in [-0.15, -0.1) is 0 Å². The Hall–Kier alpha value is -2.36. The molecule has 2 aromatic rings. The van der Waals surface area contributed by atoms with Gasteiger partial charge in [-0.05, 0) is 30.3 Å². The lowest BCUT2D eigenvalue weighted by Crippen LogP contribution is -2.11. The summed E-state index contributed by atoms with van der Waals surface area (Å²) in [6.45, 7) is 0. The van der Waals surface area contributed by atoms with Crippen LogP contribution in [0.5, 0.6) is 5.75 Å². The van der Waals surface area contributed by atoms with E-state index >= 15 is 0 Å². The maximum Gasteiger partial charge on any atom is 0.150 e. The highest BCUT2D eigenvalue weighted by Crippen LogP contribution is 2.32. The molecule has 0 saturated heterocycles. The Kier molecular flexibility index (Phi) is 3.80. The van der Waals surface area contributed by atoms with Crippen molar-refractivity contribution in [1.29, 1.82) is 0 Å². The molecule has 0 N–H and O–H groups in total. The van der Waals surface area contributed by atoms with E-state index in [1.165, 1.54) is 12.1 Å². The van der Waals surface area contributed by atoms with E-state index in [9.17, 15) is 9.18 Å². The van der Waals surface area contributed by atoms with Crippen molar-refractivity contribution in [2.24, 2.45) is 0 Å². The molecule has 0 atom stereocenters. The Morgan fingerprint density at radius 3 is 2.63 bits per heavy atom. The number of hydrogen-bond donors (Lipinski definition) is 0. The number of halogens is 1. The van der Waals surface area contributed by atoms with Crippen LogP contribution in [-0.2, 0) is 0 Å². The summed E-state index contributed by atoms with van der Waals surface area (Å²) in [6.07, 6.45) is 0.628. The molecule has 0 amide bonds. The second kappa shape index (κ2) is 5.52. The third kappa shape index (κ3) is 2.73.